The maximum atomic E-state index is 12.3. The first kappa shape index (κ1) is 20.9. The number of anilines is 1. The number of nitrogens with one attached hydrogen (secondary N) is 1. The number of carbonyl (C=O) groups is 2. The van der Waals surface area contributed by atoms with E-state index in [1.54, 1.807) is 29.2 Å². The Kier molecular flexibility index (Phi) is 7.82. The predicted octanol–water partition coefficient (Wildman–Crippen LogP) is 3.09. The van der Waals surface area contributed by atoms with Crippen molar-refractivity contribution in [1.82, 2.24) is 4.90 Å². The molecule has 3 N–H and O–H groups in total. The molecule has 0 saturated heterocycles. The third kappa shape index (κ3) is 6.08. The van der Waals surface area contributed by atoms with Gasteiger partial charge in [-0.15, -0.1) is 0 Å². The molecule has 2 rings (SSSR count). The lowest BCUT2D eigenvalue weighted by molar-refractivity contribution is -0.682. The van der Waals surface area contributed by atoms with Crippen molar-refractivity contribution in [3.8, 4) is 0 Å². The van der Waals surface area contributed by atoms with Crippen LogP contribution in [0.25, 0.3) is 0 Å². The van der Waals surface area contributed by atoms with Gasteiger partial charge in [0.1, 0.15) is 6.04 Å². The van der Waals surface area contributed by atoms with Gasteiger partial charge in [0.05, 0.1) is 0 Å². The Labute approximate surface area is 165 Å². The van der Waals surface area contributed by atoms with Gasteiger partial charge in [0.25, 0.3) is 11.8 Å². The van der Waals surface area contributed by atoms with Crippen molar-refractivity contribution >= 4 is 29.1 Å². The van der Waals surface area contributed by atoms with E-state index in [9.17, 15) is 9.59 Å². The fraction of sp³-hybridized carbons (Fsp3) is 0.333. The van der Waals surface area contributed by atoms with Crippen LogP contribution in [-0.4, -0.2) is 36.3 Å². The van der Waals surface area contributed by atoms with Gasteiger partial charge in [0.2, 0.25) is 0 Å². The van der Waals surface area contributed by atoms with Gasteiger partial charge >= 0.3 is 0 Å². The molecule has 1 atom stereocenters. The fourth-order valence-electron chi connectivity index (χ4n) is 2.81. The molecule has 2 aromatic carbocycles. The van der Waals surface area contributed by atoms with Gasteiger partial charge in [-0.05, 0) is 57.2 Å². The minimum atomic E-state index is -0.0910. The van der Waals surface area contributed by atoms with Crippen molar-refractivity contribution in [2.75, 3.05) is 25.0 Å². The Morgan fingerprint density at radius 2 is 1.78 bits per heavy atom. The average Bonchev–Trinajstić information content (AvgIpc) is 2.67. The van der Waals surface area contributed by atoms with Crippen LogP contribution in [0.4, 0.5) is 5.69 Å². The third-order valence-corrected chi connectivity index (χ3v) is 4.73. The first-order valence-corrected chi connectivity index (χ1v) is 9.60. The van der Waals surface area contributed by atoms with Gasteiger partial charge in [-0.25, -0.2) is 0 Å². The molecule has 0 fully saturated rings. The molecule has 2 aromatic rings. The number of nitrogens with two attached hydrogens (primary N) is 1. The lowest BCUT2D eigenvalue weighted by Gasteiger charge is -2.18. The second-order valence-corrected chi connectivity index (χ2v) is 6.82. The maximum Gasteiger partial charge on any atom is 0.279 e. The Balaban J connectivity index is 1.87. The summed E-state index contributed by atoms with van der Waals surface area (Å²) >= 11 is 6.01. The number of hydrogen-bond acceptors (Lipinski definition) is 2. The van der Waals surface area contributed by atoms with Crippen molar-refractivity contribution in [3.63, 3.8) is 0 Å². The summed E-state index contributed by atoms with van der Waals surface area (Å²) in [4.78, 5) is 26.3. The second kappa shape index (κ2) is 10.1. The zero-order valence-corrected chi connectivity index (χ0v) is 16.8. The van der Waals surface area contributed by atoms with E-state index in [1.807, 2.05) is 50.4 Å². The molecule has 0 aliphatic carbocycles. The van der Waals surface area contributed by atoms with Gasteiger partial charge in [0, 0.05) is 34.9 Å². The highest BCUT2D eigenvalue weighted by Crippen LogP contribution is 2.15. The molecule has 27 heavy (non-hydrogen) atoms. The molecule has 0 spiro atoms. The molecule has 0 aliphatic heterocycles. The van der Waals surface area contributed by atoms with E-state index in [0.29, 0.717) is 35.9 Å². The Bertz CT molecular complexity index is 773. The quantitative estimate of drug-likeness (QED) is 0.729. The van der Waals surface area contributed by atoms with Crippen LogP contribution in [0.15, 0.2) is 48.5 Å². The van der Waals surface area contributed by atoms with Crippen LogP contribution < -0.4 is 10.6 Å². The van der Waals surface area contributed by atoms with Crippen molar-refractivity contribution in [3.05, 3.63) is 64.7 Å². The number of halogens is 1. The highest BCUT2D eigenvalue weighted by molar-refractivity contribution is 6.30. The SMILES string of the molecule is CCN(CC)C(=O)c1ccc(NC(=O)C[NH2+][C@H](C)c2cccc(Cl)c2)cc1. The molecule has 144 valence electrons. The van der Waals surface area contributed by atoms with Crippen LogP contribution in [0, 0.1) is 0 Å². The van der Waals surface area contributed by atoms with Gasteiger partial charge in [-0.3, -0.25) is 9.59 Å². The predicted molar refractivity (Wildman–Crippen MR) is 109 cm³/mol. The molecule has 0 radical (unpaired) electrons. The number of quaternary nitrogens is 1. The summed E-state index contributed by atoms with van der Waals surface area (Å²) in [6.07, 6.45) is 0. The summed E-state index contributed by atoms with van der Waals surface area (Å²) in [5.41, 5.74) is 2.38. The summed E-state index contributed by atoms with van der Waals surface area (Å²) in [5.74, 6) is -0.0896. The summed E-state index contributed by atoms with van der Waals surface area (Å²) in [6.45, 7) is 7.59. The molecule has 0 aromatic heterocycles. The largest absolute Gasteiger partial charge is 0.339 e. The van der Waals surface area contributed by atoms with Gasteiger partial charge in [-0.2, -0.15) is 0 Å². The topological polar surface area (TPSA) is 66.0 Å². The Hall–Kier alpha value is -2.37. The van der Waals surface area contributed by atoms with Gasteiger partial charge in [0.15, 0.2) is 6.54 Å². The molecule has 0 aliphatic rings. The number of nitrogens with zero attached hydrogens (tertiary/aromatic N) is 1. The standard InChI is InChI=1S/C21H26ClN3O2/c1-4-25(5-2)21(27)16-9-11-19(12-10-16)24-20(26)14-23-15(3)17-7-6-8-18(22)13-17/h6-13,15,23H,4-5,14H2,1-3H3,(H,24,26)/p+1/t15-/m1/s1. The van der Waals surface area contributed by atoms with E-state index >= 15 is 0 Å². The van der Waals surface area contributed by atoms with E-state index in [-0.39, 0.29) is 17.9 Å². The highest BCUT2D eigenvalue weighted by atomic mass is 35.5. The van der Waals surface area contributed by atoms with Crippen molar-refractivity contribution in [2.45, 2.75) is 26.8 Å². The monoisotopic (exact) mass is 388 g/mol. The molecule has 0 bridgehead atoms. The molecule has 6 heteroatoms. The minimum absolute atomic E-state index is 0.00144. The first-order valence-electron chi connectivity index (χ1n) is 9.22. The average molecular weight is 389 g/mol. The molecular formula is C21H27ClN3O2+. The van der Waals surface area contributed by atoms with E-state index in [0.717, 1.165) is 5.56 Å². The van der Waals surface area contributed by atoms with Gasteiger partial charge in [-0.1, -0.05) is 23.7 Å². The second-order valence-electron chi connectivity index (χ2n) is 6.39. The number of hydrogen-bond donors (Lipinski definition) is 2. The molecule has 5 nitrogen and oxygen atoms in total. The summed E-state index contributed by atoms with van der Waals surface area (Å²) in [7, 11) is 0. The minimum Gasteiger partial charge on any atom is -0.339 e. The van der Waals surface area contributed by atoms with Crippen LogP contribution in [0.1, 0.15) is 42.7 Å². The van der Waals surface area contributed by atoms with Crippen LogP contribution >= 0.6 is 11.6 Å². The summed E-state index contributed by atoms with van der Waals surface area (Å²) < 4.78 is 0. The lowest BCUT2D eigenvalue weighted by Crippen LogP contribution is -2.86. The number of benzene rings is 2. The molecule has 2 amide bonds. The smallest absolute Gasteiger partial charge is 0.279 e. The molecule has 0 saturated carbocycles. The Morgan fingerprint density at radius 3 is 2.37 bits per heavy atom. The summed E-state index contributed by atoms with van der Waals surface area (Å²) in [6, 6.07) is 14.8. The van der Waals surface area contributed by atoms with E-state index in [4.69, 9.17) is 11.6 Å². The fourth-order valence-corrected chi connectivity index (χ4v) is 3.01. The molecule has 0 unspecified atom stereocenters. The summed E-state index contributed by atoms with van der Waals surface area (Å²) in [5, 5.41) is 5.51. The zero-order chi connectivity index (χ0) is 19.8. The normalized spacial score (nSPS) is 11.7. The van der Waals surface area contributed by atoms with Crippen LogP contribution in [0.2, 0.25) is 5.02 Å². The van der Waals surface area contributed by atoms with Gasteiger partial charge < -0.3 is 15.5 Å². The maximum absolute atomic E-state index is 12.3. The van der Waals surface area contributed by atoms with Crippen molar-refractivity contribution < 1.29 is 14.9 Å². The number of amides is 2. The lowest BCUT2D eigenvalue weighted by atomic mass is 10.1. The Morgan fingerprint density at radius 1 is 1.11 bits per heavy atom. The van der Waals surface area contributed by atoms with E-state index in [2.05, 4.69) is 5.32 Å². The van der Waals surface area contributed by atoms with Crippen molar-refractivity contribution in [1.29, 1.82) is 0 Å². The first-order chi connectivity index (χ1) is 12.9. The molecular weight excluding hydrogens is 362 g/mol. The number of carbonyl (C=O) groups excluding carboxylic acids is 2. The van der Waals surface area contributed by atoms with Crippen LogP contribution in [0.5, 0.6) is 0 Å². The van der Waals surface area contributed by atoms with Crippen LogP contribution in [0.3, 0.4) is 0 Å². The van der Waals surface area contributed by atoms with E-state index < -0.39 is 0 Å². The third-order valence-electron chi connectivity index (χ3n) is 4.50. The van der Waals surface area contributed by atoms with E-state index in [1.165, 1.54) is 0 Å². The zero-order valence-electron chi connectivity index (χ0n) is 16.0. The highest BCUT2D eigenvalue weighted by Gasteiger charge is 2.14. The molecule has 0 heterocycles. The van der Waals surface area contributed by atoms with Crippen LogP contribution in [-0.2, 0) is 4.79 Å². The number of rotatable bonds is 8. The van der Waals surface area contributed by atoms with Crippen molar-refractivity contribution in [2.24, 2.45) is 0 Å².